The Labute approximate surface area is 243 Å². The highest BCUT2D eigenvalue weighted by molar-refractivity contribution is 7.21. The van der Waals surface area contributed by atoms with E-state index in [9.17, 15) is 4.79 Å². The highest BCUT2D eigenvalue weighted by Gasteiger charge is 2.23. The van der Waals surface area contributed by atoms with Gasteiger partial charge in [0.25, 0.3) is 5.91 Å². The first-order valence-electron chi connectivity index (χ1n) is 13.1. The van der Waals surface area contributed by atoms with E-state index >= 15 is 0 Å². The summed E-state index contributed by atoms with van der Waals surface area (Å²) in [5.74, 6) is 1.02. The quantitative estimate of drug-likeness (QED) is 0.267. The van der Waals surface area contributed by atoms with E-state index in [-0.39, 0.29) is 18.3 Å². The number of hydrogen-bond acceptors (Lipinski definition) is 8. The third kappa shape index (κ3) is 5.82. The lowest BCUT2D eigenvalue weighted by Gasteiger charge is -2.37. The number of carbonyl (C=O) groups is 1. The van der Waals surface area contributed by atoms with Gasteiger partial charge in [0.2, 0.25) is 0 Å². The fourth-order valence-electron chi connectivity index (χ4n) is 4.76. The van der Waals surface area contributed by atoms with Crippen LogP contribution in [0.25, 0.3) is 32.2 Å². The lowest BCUT2D eigenvalue weighted by atomic mass is 10.1. The van der Waals surface area contributed by atoms with Crippen molar-refractivity contribution in [1.82, 2.24) is 24.8 Å². The number of rotatable bonds is 6. The van der Waals surface area contributed by atoms with Crippen molar-refractivity contribution in [2.75, 3.05) is 36.4 Å². The van der Waals surface area contributed by atoms with Crippen molar-refractivity contribution in [3.05, 3.63) is 84.8 Å². The lowest BCUT2D eigenvalue weighted by Crippen LogP contribution is -2.49. The van der Waals surface area contributed by atoms with Gasteiger partial charge in [-0.2, -0.15) is 0 Å². The molecule has 1 amide bonds. The molecule has 0 bridgehead atoms. The molecule has 4 heterocycles. The lowest BCUT2D eigenvalue weighted by molar-refractivity contribution is 0.102. The van der Waals surface area contributed by atoms with E-state index in [0.29, 0.717) is 23.2 Å². The molecule has 8 nitrogen and oxygen atoms in total. The Bertz CT molecular complexity index is 1580. The topological polar surface area (TPSA) is 87.1 Å². The number of para-hydroxylation sites is 1. The third-order valence-corrected chi connectivity index (χ3v) is 7.98. The Balaban J connectivity index is 0.00000323. The normalized spacial score (nSPS) is 13.8. The molecule has 1 aliphatic rings. The highest BCUT2D eigenvalue weighted by atomic mass is 35.5. The largest absolute Gasteiger partial charge is 0.354 e. The number of aromatic nitrogens is 4. The molecule has 1 saturated heterocycles. The second kappa shape index (κ2) is 12.1. The van der Waals surface area contributed by atoms with E-state index in [4.69, 9.17) is 15.0 Å². The summed E-state index contributed by atoms with van der Waals surface area (Å²) in [5.41, 5.74) is 3.62. The fourth-order valence-corrected chi connectivity index (χ4v) is 5.73. The van der Waals surface area contributed by atoms with E-state index in [0.717, 1.165) is 58.3 Å². The Kier molecular flexibility index (Phi) is 8.35. The smallest absolute Gasteiger partial charge is 0.274 e. The standard InChI is InChI=1S/C30H29N7OS.ClH/c1-20(2)36-14-16-37(17-15-36)27-18-25(32-28(35-27)21-8-4-3-5-9-21)29(38)33-23-11-7-6-10-22(23)30-34-24-12-13-31-19-26(24)39-30;/h3-13,18-20H,14-17H2,1-2H3,(H,33,38);1H. The van der Waals surface area contributed by atoms with Crippen LogP contribution in [-0.2, 0) is 0 Å². The monoisotopic (exact) mass is 571 g/mol. The highest BCUT2D eigenvalue weighted by Crippen LogP contribution is 2.34. The molecule has 10 heteroatoms. The van der Waals surface area contributed by atoms with Crippen LogP contribution in [0.2, 0.25) is 0 Å². The van der Waals surface area contributed by atoms with E-state index in [1.807, 2.05) is 66.9 Å². The van der Waals surface area contributed by atoms with E-state index < -0.39 is 0 Å². The number of fused-ring (bicyclic) bond motifs is 1. The van der Waals surface area contributed by atoms with E-state index in [2.05, 4.69) is 33.9 Å². The van der Waals surface area contributed by atoms with Gasteiger partial charge < -0.3 is 10.2 Å². The predicted molar refractivity (Wildman–Crippen MR) is 164 cm³/mol. The summed E-state index contributed by atoms with van der Waals surface area (Å²) in [5, 5.41) is 3.92. The van der Waals surface area contributed by atoms with E-state index in [1.165, 1.54) is 0 Å². The zero-order chi connectivity index (χ0) is 26.8. The predicted octanol–water partition coefficient (Wildman–Crippen LogP) is 6.02. The molecule has 0 spiro atoms. The van der Waals surface area contributed by atoms with Crippen molar-refractivity contribution < 1.29 is 4.79 Å². The maximum Gasteiger partial charge on any atom is 0.274 e. The van der Waals surface area contributed by atoms with Gasteiger partial charge in [0.1, 0.15) is 16.5 Å². The number of pyridine rings is 1. The molecule has 0 unspecified atom stereocenters. The van der Waals surface area contributed by atoms with Gasteiger partial charge in [-0.05, 0) is 32.0 Å². The van der Waals surface area contributed by atoms with Crippen molar-refractivity contribution in [3.8, 4) is 22.0 Å². The molecular formula is C30H30ClN7OS. The summed E-state index contributed by atoms with van der Waals surface area (Å²) in [7, 11) is 0. The molecule has 1 fully saturated rings. The van der Waals surface area contributed by atoms with Crippen LogP contribution in [0.3, 0.4) is 0 Å². The van der Waals surface area contributed by atoms with Gasteiger partial charge in [-0.25, -0.2) is 15.0 Å². The fraction of sp³-hybridized carbons (Fsp3) is 0.233. The Morgan fingerprint density at radius 3 is 2.42 bits per heavy atom. The maximum absolute atomic E-state index is 13.7. The van der Waals surface area contributed by atoms with Gasteiger partial charge in [0, 0.05) is 61.8 Å². The van der Waals surface area contributed by atoms with Crippen molar-refractivity contribution >= 4 is 51.4 Å². The van der Waals surface area contributed by atoms with Crippen LogP contribution in [-0.4, -0.2) is 63.0 Å². The number of amides is 1. The van der Waals surface area contributed by atoms with Crippen LogP contribution < -0.4 is 10.2 Å². The minimum absolute atomic E-state index is 0. The van der Waals surface area contributed by atoms with Crippen molar-refractivity contribution in [1.29, 1.82) is 0 Å². The van der Waals surface area contributed by atoms with Crippen molar-refractivity contribution in [2.24, 2.45) is 0 Å². The number of hydrogen-bond donors (Lipinski definition) is 1. The summed E-state index contributed by atoms with van der Waals surface area (Å²) in [6, 6.07) is 21.7. The summed E-state index contributed by atoms with van der Waals surface area (Å²) in [6.45, 7) is 8.04. The van der Waals surface area contributed by atoms with Crippen LogP contribution in [0, 0.1) is 0 Å². The molecule has 0 radical (unpaired) electrons. The molecule has 5 aromatic rings. The summed E-state index contributed by atoms with van der Waals surface area (Å²) in [4.78, 5) is 36.9. The molecule has 204 valence electrons. The zero-order valence-corrected chi connectivity index (χ0v) is 24.0. The van der Waals surface area contributed by atoms with Crippen molar-refractivity contribution in [3.63, 3.8) is 0 Å². The minimum Gasteiger partial charge on any atom is -0.354 e. The molecule has 3 aromatic heterocycles. The first-order valence-corrected chi connectivity index (χ1v) is 13.9. The number of anilines is 2. The molecule has 2 aromatic carbocycles. The Morgan fingerprint density at radius 2 is 1.68 bits per heavy atom. The van der Waals surface area contributed by atoms with Gasteiger partial charge in [-0.15, -0.1) is 23.7 Å². The van der Waals surface area contributed by atoms with Crippen LogP contribution in [0.4, 0.5) is 11.5 Å². The van der Waals surface area contributed by atoms with Crippen LogP contribution in [0.15, 0.2) is 79.1 Å². The SMILES string of the molecule is CC(C)N1CCN(c2cc(C(=O)Nc3ccccc3-c3nc4ccncc4s3)nc(-c3ccccc3)n2)CC1.Cl. The van der Waals surface area contributed by atoms with Gasteiger partial charge in [0.05, 0.1) is 15.9 Å². The minimum atomic E-state index is -0.285. The molecule has 0 aliphatic carbocycles. The van der Waals surface area contributed by atoms with Gasteiger partial charge in [0.15, 0.2) is 5.82 Å². The number of piperazine rings is 1. The van der Waals surface area contributed by atoms with Crippen LogP contribution >= 0.6 is 23.7 Å². The summed E-state index contributed by atoms with van der Waals surface area (Å²) in [6.07, 6.45) is 3.55. The second-order valence-electron chi connectivity index (χ2n) is 9.78. The van der Waals surface area contributed by atoms with Gasteiger partial charge in [-0.1, -0.05) is 42.5 Å². The van der Waals surface area contributed by atoms with Crippen LogP contribution in [0.1, 0.15) is 24.3 Å². The van der Waals surface area contributed by atoms with E-state index in [1.54, 1.807) is 23.6 Å². The molecular weight excluding hydrogens is 542 g/mol. The Morgan fingerprint density at radius 1 is 0.925 bits per heavy atom. The third-order valence-electron chi connectivity index (χ3n) is 6.94. The van der Waals surface area contributed by atoms with Gasteiger partial charge in [-0.3, -0.25) is 14.7 Å². The molecule has 6 rings (SSSR count). The second-order valence-corrected chi connectivity index (χ2v) is 10.8. The number of halogens is 1. The first-order chi connectivity index (χ1) is 19.0. The van der Waals surface area contributed by atoms with Crippen molar-refractivity contribution in [2.45, 2.75) is 19.9 Å². The average molecular weight is 572 g/mol. The number of thiazole rings is 1. The number of nitrogens with zero attached hydrogens (tertiary/aromatic N) is 6. The number of nitrogens with one attached hydrogen (secondary N) is 1. The van der Waals surface area contributed by atoms with Gasteiger partial charge >= 0.3 is 0 Å². The molecule has 0 atom stereocenters. The zero-order valence-electron chi connectivity index (χ0n) is 22.3. The maximum atomic E-state index is 13.7. The number of carbonyl (C=O) groups excluding carboxylic acids is 1. The summed E-state index contributed by atoms with van der Waals surface area (Å²) >= 11 is 1.55. The molecule has 1 N–H and O–H groups in total. The molecule has 1 aliphatic heterocycles. The molecule has 0 saturated carbocycles. The average Bonchev–Trinajstić information content (AvgIpc) is 3.42. The summed E-state index contributed by atoms with van der Waals surface area (Å²) < 4.78 is 0.999. The molecule has 40 heavy (non-hydrogen) atoms. The number of benzene rings is 2. The van der Waals surface area contributed by atoms with Crippen LogP contribution in [0.5, 0.6) is 0 Å². The Hall–Kier alpha value is -3.92. The first kappa shape index (κ1) is 27.6.